The predicted octanol–water partition coefficient (Wildman–Crippen LogP) is 6.68. The summed E-state index contributed by atoms with van der Waals surface area (Å²) in [6, 6.07) is 20.0. The minimum atomic E-state index is -0.541. The summed E-state index contributed by atoms with van der Waals surface area (Å²) in [7, 11) is 1.52. The highest BCUT2D eigenvalue weighted by Gasteiger charge is 2.23. The summed E-state index contributed by atoms with van der Waals surface area (Å²) in [6.07, 6.45) is 0. The van der Waals surface area contributed by atoms with Crippen LogP contribution in [0.5, 0.6) is 5.75 Å². The highest BCUT2D eigenvalue weighted by Crippen LogP contribution is 2.38. The minimum absolute atomic E-state index is 0.116. The minimum Gasteiger partial charge on any atom is -0.422 e. The van der Waals surface area contributed by atoms with Crippen molar-refractivity contribution in [2.75, 3.05) is 7.11 Å². The van der Waals surface area contributed by atoms with E-state index >= 15 is 0 Å². The average molecular weight is 450 g/mol. The van der Waals surface area contributed by atoms with Crippen molar-refractivity contribution in [3.8, 4) is 16.3 Å². The topological polar surface area (TPSA) is 48.4 Å². The first-order chi connectivity index (χ1) is 15.2. The Morgan fingerprint density at radius 3 is 2.58 bits per heavy atom. The van der Waals surface area contributed by atoms with Gasteiger partial charge in [-0.05, 0) is 36.4 Å². The fourth-order valence-electron chi connectivity index (χ4n) is 3.48. The molecule has 3 aromatic carbocycles. The molecular weight excluding hydrogens is 433 g/mol. The maximum absolute atomic E-state index is 14.5. The lowest BCUT2D eigenvalue weighted by molar-refractivity contribution is 0.0736. The Bertz CT molecular complexity index is 1390. The molecule has 4 nitrogen and oxygen atoms in total. The number of hydrogen-bond acceptors (Lipinski definition) is 6. The molecule has 31 heavy (non-hydrogen) atoms. The molecule has 7 heteroatoms. The molecule has 0 saturated carbocycles. The first-order valence-electron chi connectivity index (χ1n) is 9.51. The van der Waals surface area contributed by atoms with E-state index in [-0.39, 0.29) is 12.4 Å². The quantitative estimate of drug-likeness (QED) is 0.222. The van der Waals surface area contributed by atoms with Crippen molar-refractivity contribution in [1.29, 1.82) is 0 Å². The molecule has 0 aliphatic heterocycles. The Labute approximate surface area is 185 Å². The molecule has 5 rings (SSSR count). The lowest BCUT2D eigenvalue weighted by Gasteiger charge is -2.09. The molecule has 0 saturated heterocycles. The van der Waals surface area contributed by atoms with Crippen LogP contribution in [-0.2, 0) is 11.3 Å². The van der Waals surface area contributed by atoms with Crippen LogP contribution in [0.1, 0.15) is 15.2 Å². The van der Waals surface area contributed by atoms with Gasteiger partial charge in [0.05, 0.1) is 22.4 Å². The molecule has 0 spiro atoms. The van der Waals surface area contributed by atoms with Gasteiger partial charge in [-0.3, -0.25) is 0 Å². The van der Waals surface area contributed by atoms with Gasteiger partial charge < -0.3 is 9.47 Å². The standard InChI is InChI=1S/C24H16FNO3S2/c1-28-13-15-21-16(25)8-6-12-20(21)30-22(15)24(27)29-18-10-4-2-7-14(18)23-26-17-9-3-5-11-19(17)31-23/h2-12H,13H2,1H3. The smallest absolute Gasteiger partial charge is 0.354 e. The Hall–Kier alpha value is -3.13. The monoisotopic (exact) mass is 449 g/mol. The second-order valence-corrected chi connectivity index (χ2v) is 8.91. The Morgan fingerprint density at radius 2 is 1.74 bits per heavy atom. The van der Waals surface area contributed by atoms with Crippen LogP contribution in [0.15, 0.2) is 66.7 Å². The number of carbonyl (C=O) groups is 1. The molecule has 0 amide bonds. The predicted molar refractivity (Wildman–Crippen MR) is 123 cm³/mol. The van der Waals surface area contributed by atoms with Crippen LogP contribution in [0.2, 0.25) is 0 Å². The van der Waals surface area contributed by atoms with E-state index in [1.165, 1.54) is 35.8 Å². The molecule has 154 valence electrons. The van der Waals surface area contributed by atoms with E-state index in [1.807, 2.05) is 36.4 Å². The van der Waals surface area contributed by atoms with Crippen LogP contribution in [0.4, 0.5) is 4.39 Å². The van der Waals surface area contributed by atoms with Crippen LogP contribution in [0.25, 0.3) is 30.9 Å². The third kappa shape index (κ3) is 3.61. The van der Waals surface area contributed by atoms with Crippen molar-refractivity contribution in [2.24, 2.45) is 0 Å². The van der Waals surface area contributed by atoms with E-state index in [1.54, 1.807) is 24.3 Å². The molecule has 0 N–H and O–H groups in total. The zero-order valence-electron chi connectivity index (χ0n) is 16.4. The summed E-state index contributed by atoms with van der Waals surface area (Å²) < 4.78 is 27.2. The van der Waals surface area contributed by atoms with Gasteiger partial charge in [0.25, 0.3) is 0 Å². The lowest BCUT2D eigenvalue weighted by atomic mass is 10.1. The van der Waals surface area contributed by atoms with Gasteiger partial charge >= 0.3 is 5.97 Å². The molecule has 0 aliphatic rings. The molecule has 5 aromatic rings. The number of hydrogen-bond donors (Lipinski definition) is 0. The van der Waals surface area contributed by atoms with Crippen LogP contribution >= 0.6 is 22.7 Å². The summed E-state index contributed by atoms with van der Waals surface area (Å²) in [5.74, 6) is -0.510. The number of benzene rings is 3. The summed E-state index contributed by atoms with van der Waals surface area (Å²) in [5, 5.41) is 1.17. The number of para-hydroxylation sites is 2. The van der Waals surface area contributed by atoms with Gasteiger partial charge in [-0.25, -0.2) is 14.2 Å². The number of rotatable bonds is 5. The highest BCUT2D eigenvalue weighted by atomic mass is 32.1. The van der Waals surface area contributed by atoms with Gasteiger partial charge in [0.1, 0.15) is 21.5 Å². The number of nitrogens with zero attached hydrogens (tertiary/aromatic N) is 1. The lowest BCUT2D eigenvalue weighted by Crippen LogP contribution is -2.10. The van der Waals surface area contributed by atoms with Crippen LogP contribution in [-0.4, -0.2) is 18.1 Å². The van der Waals surface area contributed by atoms with E-state index in [0.29, 0.717) is 26.3 Å². The molecule has 0 radical (unpaired) electrons. The Morgan fingerprint density at radius 1 is 0.968 bits per heavy atom. The van der Waals surface area contributed by atoms with E-state index < -0.39 is 5.97 Å². The zero-order chi connectivity index (χ0) is 21.4. The SMILES string of the molecule is COCc1c(C(=O)Oc2ccccc2-c2nc3ccccc3s2)sc2cccc(F)c12. The third-order valence-corrected chi connectivity index (χ3v) is 7.10. The molecule has 0 aliphatic carbocycles. The number of thiophene rings is 1. The van der Waals surface area contributed by atoms with E-state index in [9.17, 15) is 9.18 Å². The van der Waals surface area contributed by atoms with Crippen molar-refractivity contribution >= 4 is 48.9 Å². The van der Waals surface area contributed by atoms with Gasteiger partial charge in [0, 0.05) is 22.8 Å². The maximum atomic E-state index is 14.5. The van der Waals surface area contributed by atoms with Crippen molar-refractivity contribution in [3.63, 3.8) is 0 Å². The van der Waals surface area contributed by atoms with Crippen molar-refractivity contribution < 1.29 is 18.7 Å². The number of aromatic nitrogens is 1. The Kier molecular flexibility index (Phi) is 5.23. The highest BCUT2D eigenvalue weighted by molar-refractivity contribution is 7.21. The summed E-state index contributed by atoms with van der Waals surface area (Å²) in [6.45, 7) is 0.116. The normalized spacial score (nSPS) is 11.3. The third-order valence-electron chi connectivity index (χ3n) is 4.85. The number of fused-ring (bicyclic) bond motifs is 2. The van der Waals surface area contributed by atoms with Gasteiger partial charge in [-0.1, -0.05) is 30.3 Å². The number of carbonyl (C=O) groups excluding carboxylic acids is 1. The van der Waals surface area contributed by atoms with Gasteiger partial charge in [-0.2, -0.15) is 0 Å². The number of methoxy groups -OCH3 is 1. The fraction of sp³-hybridized carbons (Fsp3) is 0.0833. The maximum Gasteiger partial charge on any atom is 0.354 e. The number of ether oxygens (including phenoxy) is 2. The summed E-state index contributed by atoms with van der Waals surface area (Å²) >= 11 is 2.74. The van der Waals surface area contributed by atoms with Crippen molar-refractivity contribution in [1.82, 2.24) is 4.98 Å². The van der Waals surface area contributed by atoms with Crippen molar-refractivity contribution in [2.45, 2.75) is 6.61 Å². The van der Waals surface area contributed by atoms with E-state index in [4.69, 9.17) is 9.47 Å². The first kappa shape index (κ1) is 19.8. The number of thiazole rings is 1. The second kappa shape index (κ2) is 8.19. The van der Waals surface area contributed by atoms with E-state index in [2.05, 4.69) is 4.98 Å². The molecule has 0 atom stereocenters. The molecule has 2 heterocycles. The van der Waals surface area contributed by atoms with Crippen molar-refractivity contribution in [3.05, 3.63) is 83.0 Å². The van der Waals surface area contributed by atoms with Gasteiger partial charge in [0.2, 0.25) is 0 Å². The van der Waals surface area contributed by atoms with E-state index in [0.717, 1.165) is 20.8 Å². The number of esters is 1. The van der Waals surface area contributed by atoms with Crippen LogP contribution in [0.3, 0.4) is 0 Å². The number of halogens is 1. The summed E-state index contributed by atoms with van der Waals surface area (Å²) in [4.78, 5) is 18.2. The van der Waals surface area contributed by atoms with Gasteiger partial charge in [0.15, 0.2) is 0 Å². The molecule has 0 unspecified atom stereocenters. The summed E-state index contributed by atoms with van der Waals surface area (Å²) in [5.41, 5.74) is 2.13. The molecule has 2 aromatic heterocycles. The van der Waals surface area contributed by atoms with Crippen LogP contribution < -0.4 is 4.74 Å². The Balaban J connectivity index is 1.55. The molecule has 0 fully saturated rings. The zero-order valence-corrected chi connectivity index (χ0v) is 18.1. The second-order valence-electron chi connectivity index (χ2n) is 6.83. The molecular formula is C24H16FNO3S2. The van der Waals surface area contributed by atoms with Crippen LogP contribution in [0, 0.1) is 5.82 Å². The average Bonchev–Trinajstić information content (AvgIpc) is 3.37. The largest absolute Gasteiger partial charge is 0.422 e. The van der Waals surface area contributed by atoms with Gasteiger partial charge in [-0.15, -0.1) is 22.7 Å². The molecule has 0 bridgehead atoms. The fourth-order valence-corrected chi connectivity index (χ4v) is 5.57. The first-order valence-corrected chi connectivity index (χ1v) is 11.1.